The van der Waals surface area contributed by atoms with E-state index in [9.17, 15) is 9.59 Å². The maximum absolute atomic E-state index is 13.2. The quantitative estimate of drug-likeness (QED) is 0.278. The summed E-state index contributed by atoms with van der Waals surface area (Å²) in [6.45, 7) is 12.9. The Bertz CT molecular complexity index is 1230. The lowest BCUT2D eigenvalue weighted by atomic mass is 9.88. The van der Waals surface area contributed by atoms with Crippen molar-refractivity contribution >= 4 is 11.9 Å². The van der Waals surface area contributed by atoms with Gasteiger partial charge in [0.15, 0.2) is 0 Å². The molecule has 0 fully saturated rings. The molecular formula is C31H36O5. The number of hydrogen-bond donors (Lipinski definition) is 0. The first-order chi connectivity index (χ1) is 17.3. The van der Waals surface area contributed by atoms with Crippen molar-refractivity contribution in [3.63, 3.8) is 0 Å². The number of aryl methyl sites for hydroxylation is 2. The summed E-state index contributed by atoms with van der Waals surface area (Å²) in [6, 6.07) is 17.1. The van der Waals surface area contributed by atoms with E-state index in [1.807, 2.05) is 56.3 Å². The van der Waals surface area contributed by atoms with E-state index in [1.54, 1.807) is 26.0 Å². The molecule has 5 nitrogen and oxygen atoms in total. The van der Waals surface area contributed by atoms with Crippen LogP contribution in [0, 0.1) is 19.8 Å². The van der Waals surface area contributed by atoms with Crippen molar-refractivity contribution in [3.05, 3.63) is 76.9 Å². The number of hydrogen-bond acceptors (Lipinski definition) is 5. The minimum atomic E-state index is -0.444. The number of carbonyl (C=O) groups excluding carboxylic acids is 2. The van der Waals surface area contributed by atoms with E-state index in [-0.39, 0.29) is 13.2 Å². The van der Waals surface area contributed by atoms with Gasteiger partial charge < -0.3 is 14.2 Å². The molecule has 1 unspecified atom stereocenters. The van der Waals surface area contributed by atoms with Crippen LogP contribution in [0.15, 0.2) is 54.6 Å². The van der Waals surface area contributed by atoms with E-state index in [0.717, 1.165) is 28.7 Å². The monoisotopic (exact) mass is 488 g/mol. The van der Waals surface area contributed by atoms with Crippen LogP contribution in [0.3, 0.4) is 0 Å². The smallest absolute Gasteiger partial charge is 0.338 e. The number of rotatable bonds is 10. The highest BCUT2D eigenvalue weighted by atomic mass is 16.5. The summed E-state index contributed by atoms with van der Waals surface area (Å²) in [4.78, 5) is 26.3. The van der Waals surface area contributed by atoms with Gasteiger partial charge in [0.2, 0.25) is 0 Å². The molecule has 0 aliphatic rings. The molecular weight excluding hydrogens is 452 g/mol. The van der Waals surface area contributed by atoms with Crippen molar-refractivity contribution in [2.45, 2.75) is 48.0 Å². The summed E-state index contributed by atoms with van der Waals surface area (Å²) in [6.07, 6.45) is 1.02. The minimum Gasteiger partial charge on any atom is -0.493 e. The average Bonchev–Trinajstić information content (AvgIpc) is 2.88. The molecule has 0 heterocycles. The highest BCUT2D eigenvalue weighted by Gasteiger charge is 2.24. The molecule has 0 saturated heterocycles. The van der Waals surface area contributed by atoms with Crippen LogP contribution >= 0.6 is 0 Å². The zero-order valence-electron chi connectivity index (χ0n) is 22.1. The Kier molecular flexibility index (Phi) is 9.29. The van der Waals surface area contributed by atoms with Crippen LogP contribution in [-0.2, 0) is 9.47 Å². The van der Waals surface area contributed by atoms with Crippen LogP contribution in [0.2, 0.25) is 0 Å². The lowest BCUT2D eigenvalue weighted by molar-refractivity contribution is 0.0513. The molecule has 0 N–H and O–H groups in total. The maximum Gasteiger partial charge on any atom is 0.338 e. The van der Waals surface area contributed by atoms with Gasteiger partial charge in [-0.15, -0.1) is 0 Å². The predicted molar refractivity (Wildman–Crippen MR) is 144 cm³/mol. The van der Waals surface area contributed by atoms with Gasteiger partial charge in [0.1, 0.15) is 5.75 Å². The molecule has 3 aromatic carbocycles. The van der Waals surface area contributed by atoms with E-state index in [0.29, 0.717) is 40.5 Å². The van der Waals surface area contributed by atoms with Gasteiger partial charge in [-0.25, -0.2) is 9.59 Å². The first kappa shape index (κ1) is 27.0. The second kappa shape index (κ2) is 12.4. The molecule has 0 aromatic heterocycles. The van der Waals surface area contributed by atoms with Gasteiger partial charge in [0.05, 0.1) is 30.9 Å². The zero-order chi connectivity index (χ0) is 26.2. The van der Waals surface area contributed by atoms with Gasteiger partial charge in [-0.2, -0.15) is 0 Å². The second-order valence-electron chi connectivity index (χ2n) is 9.05. The molecule has 0 radical (unpaired) electrons. The number of ether oxygens (including phenoxy) is 3. The number of benzene rings is 3. The third kappa shape index (κ3) is 6.34. The molecule has 3 aromatic rings. The largest absolute Gasteiger partial charge is 0.493 e. The third-order valence-electron chi connectivity index (χ3n) is 6.21. The van der Waals surface area contributed by atoms with Crippen molar-refractivity contribution < 1.29 is 23.8 Å². The zero-order valence-corrected chi connectivity index (χ0v) is 22.1. The summed E-state index contributed by atoms with van der Waals surface area (Å²) < 4.78 is 16.8. The summed E-state index contributed by atoms with van der Waals surface area (Å²) in [5, 5.41) is 0. The number of carbonyl (C=O) groups is 2. The lowest BCUT2D eigenvalue weighted by Gasteiger charge is -2.18. The van der Waals surface area contributed by atoms with Crippen molar-refractivity contribution in [1.29, 1.82) is 0 Å². The van der Waals surface area contributed by atoms with Gasteiger partial charge in [-0.1, -0.05) is 56.2 Å². The SMILES string of the molecule is CCOC(=O)c1cc(-c2cc(C)ccc2C)c(C(=O)OCC)cc1-c1cccc(OCC(C)CC)c1. The Hall–Kier alpha value is -3.60. The molecule has 0 spiro atoms. The van der Waals surface area contributed by atoms with Gasteiger partial charge in [-0.3, -0.25) is 0 Å². The van der Waals surface area contributed by atoms with Crippen LogP contribution in [0.1, 0.15) is 66.0 Å². The van der Waals surface area contributed by atoms with E-state index < -0.39 is 11.9 Å². The van der Waals surface area contributed by atoms with Gasteiger partial charge in [-0.05, 0) is 85.7 Å². The first-order valence-electron chi connectivity index (χ1n) is 12.6. The van der Waals surface area contributed by atoms with E-state index in [4.69, 9.17) is 14.2 Å². The van der Waals surface area contributed by atoms with Gasteiger partial charge in [0.25, 0.3) is 0 Å². The highest BCUT2D eigenvalue weighted by molar-refractivity contribution is 6.05. The second-order valence-corrected chi connectivity index (χ2v) is 9.05. The summed E-state index contributed by atoms with van der Waals surface area (Å²) in [5.74, 6) is 0.254. The summed E-state index contributed by atoms with van der Waals surface area (Å²) >= 11 is 0. The molecule has 0 bridgehead atoms. The molecule has 0 amide bonds. The maximum atomic E-state index is 13.2. The third-order valence-corrected chi connectivity index (χ3v) is 6.21. The molecule has 3 rings (SSSR count). The van der Waals surface area contributed by atoms with Crippen LogP contribution in [0.25, 0.3) is 22.3 Å². The van der Waals surface area contributed by atoms with Gasteiger partial charge in [0, 0.05) is 0 Å². The molecule has 190 valence electrons. The van der Waals surface area contributed by atoms with Crippen molar-refractivity contribution in [1.82, 2.24) is 0 Å². The fraction of sp³-hybridized carbons (Fsp3) is 0.355. The predicted octanol–water partition coefficient (Wildman–Crippen LogP) is 7.42. The number of esters is 2. The van der Waals surface area contributed by atoms with E-state index in [1.165, 1.54) is 0 Å². The van der Waals surface area contributed by atoms with Crippen molar-refractivity contribution in [2.75, 3.05) is 19.8 Å². The van der Waals surface area contributed by atoms with Crippen LogP contribution in [0.4, 0.5) is 0 Å². The topological polar surface area (TPSA) is 61.8 Å². The van der Waals surface area contributed by atoms with Crippen LogP contribution in [-0.4, -0.2) is 31.8 Å². The van der Waals surface area contributed by atoms with Gasteiger partial charge >= 0.3 is 11.9 Å². The molecule has 36 heavy (non-hydrogen) atoms. The van der Waals surface area contributed by atoms with Crippen LogP contribution in [0.5, 0.6) is 5.75 Å². The Morgan fingerprint density at radius 2 is 1.42 bits per heavy atom. The van der Waals surface area contributed by atoms with Crippen molar-refractivity contribution in [3.8, 4) is 28.0 Å². The molecule has 0 aliphatic heterocycles. The Balaban J connectivity index is 2.25. The normalized spacial score (nSPS) is 11.6. The van der Waals surface area contributed by atoms with E-state index >= 15 is 0 Å². The summed E-state index contributed by atoms with van der Waals surface area (Å²) in [5.41, 5.74) is 5.72. The Labute approximate surface area is 214 Å². The Morgan fingerprint density at radius 1 is 0.778 bits per heavy atom. The van der Waals surface area contributed by atoms with Crippen molar-refractivity contribution in [2.24, 2.45) is 5.92 Å². The molecule has 1 atom stereocenters. The Morgan fingerprint density at radius 3 is 2.06 bits per heavy atom. The standard InChI is InChI=1S/C31H36O5/c1-7-20(4)19-36-24-12-10-11-23(16-24)26-17-29(31(33)35-9-3)27(18-28(26)30(32)34-8-2)25-15-21(5)13-14-22(25)6/h10-18,20H,7-9,19H2,1-6H3. The lowest BCUT2D eigenvalue weighted by Crippen LogP contribution is -2.12. The van der Waals surface area contributed by atoms with E-state index in [2.05, 4.69) is 13.8 Å². The summed E-state index contributed by atoms with van der Waals surface area (Å²) in [7, 11) is 0. The first-order valence-corrected chi connectivity index (χ1v) is 12.6. The fourth-order valence-corrected chi connectivity index (χ4v) is 3.95. The average molecular weight is 489 g/mol. The minimum absolute atomic E-state index is 0.245. The molecule has 0 saturated carbocycles. The van der Waals surface area contributed by atoms with Crippen LogP contribution < -0.4 is 4.74 Å². The fourth-order valence-electron chi connectivity index (χ4n) is 3.95. The highest BCUT2D eigenvalue weighted by Crippen LogP contribution is 2.36. The molecule has 5 heteroatoms. The molecule has 0 aliphatic carbocycles.